The Hall–Kier alpha value is 0.254. The first kappa shape index (κ1) is 12.9. The van der Waals surface area contributed by atoms with E-state index in [9.17, 15) is 0 Å². The van der Waals surface area contributed by atoms with Gasteiger partial charge in [-0.25, -0.2) is 12.1 Å². The molecule has 0 aliphatic heterocycles. The molecule has 1 heterocycles. The predicted molar refractivity (Wildman–Crippen MR) is 38.8 cm³/mol. The number of rotatable bonds is 0. The fourth-order valence-electron chi connectivity index (χ4n) is 0.404. The van der Waals surface area contributed by atoms with E-state index in [2.05, 4.69) is 18.0 Å². The smallest absolute Gasteiger partial charge is 0 e. The van der Waals surface area contributed by atoms with Crippen molar-refractivity contribution in [2.75, 3.05) is 0 Å². The van der Waals surface area contributed by atoms with Gasteiger partial charge in [0.05, 0.1) is 0 Å². The average Bonchev–Trinajstić information content (AvgIpc) is 1.94. The summed E-state index contributed by atoms with van der Waals surface area (Å²) in [6.07, 6.45) is 1.76. The van der Waals surface area contributed by atoms with Crippen molar-refractivity contribution in [1.82, 2.24) is 4.98 Å². The second-order valence-corrected chi connectivity index (χ2v) is 1.37. The second kappa shape index (κ2) is 9.25. The molecule has 0 bridgehead atoms. The molecule has 1 nitrogen and oxygen atoms in total. The number of hydrogen-bond donors (Lipinski definition) is 0. The molecule has 0 saturated carbocycles. The van der Waals surface area contributed by atoms with Gasteiger partial charge in [-0.05, 0) is 6.92 Å². The zero-order valence-electron chi connectivity index (χ0n) is 6.46. The van der Waals surface area contributed by atoms with E-state index in [0.717, 1.165) is 5.69 Å². The average molecular weight is 210 g/mol. The molecular weight excluding hydrogens is 199 g/mol. The van der Waals surface area contributed by atoms with Gasteiger partial charge in [0.1, 0.15) is 0 Å². The topological polar surface area (TPSA) is 12.9 Å². The van der Waals surface area contributed by atoms with Crippen LogP contribution in [0.1, 0.15) is 12.6 Å². The van der Waals surface area contributed by atoms with Gasteiger partial charge < -0.3 is 11.9 Å². The molecule has 2 heteroatoms. The first-order chi connectivity index (χ1) is 4.39. The van der Waals surface area contributed by atoms with Crippen LogP contribution < -0.4 is 0 Å². The van der Waals surface area contributed by atoms with Crippen molar-refractivity contribution in [3.05, 3.63) is 37.0 Å². The van der Waals surface area contributed by atoms with Crippen LogP contribution in [0.5, 0.6) is 0 Å². The molecule has 0 spiro atoms. The molecule has 1 aromatic heterocycles. The van der Waals surface area contributed by atoms with E-state index in [4.69, 9.17) is 0 Å². The first-order valence-electron chi connectivity index (χ1n) is 2.89. The summed E-state index contributed by atoms with van der Waals surface area (Å²) in [7, 11) is 0. The van der Waals surface area contributed by atoms with Crippen molar-refractivity contribution >= 4 is 0 Å². The molecule has 0 amide bonds. The second-order valence-electron chi connectivity index (χ2n) is 1.37. The van der Waals surface area contributed by atoms with Crippen LogP contribution in [-0.2, 0) is 32.7 Å². The van der Waals surface area contributed by atoms with E-state index < -0.39 is 0 Å². The molecule has 0 atom stereocenters. The minimum Gasteiger partial charge on any atom is -0.346 e. The zero-order valence-corrected chi connectivity index (χ0v) is 9.30. The van der Waals surface area contributed by atoms with Gasteiger partial charge in [-0.15, -0.1) is 0 Å². The summed E-state index contributed by atoms with van der Waals surface area (Å²) in [5, 5.41) is 0. The quantitative estimate of drug-likeness (QED) is 0.597. The number of nitrogens with zero attached hydrogens (tertiary/aromatic N) is 1. The SMILES string of the molecule is Cc1[c-]cccn1.[CH2-]C.[Y]. The molecule has 0 unspecified atom stereocenters. The van der Waals surface area contributed by atoms with E-state index in [1.807, 2.05) is 19.1 Å². The van der Waals surface area contributed by atoms with E-state index in [1.165, 1.54) is 0 Å². The summed E-state index contributed by atoms with van der Waals surface area (Å²) >= 11 is 0. The van der Waals surface area contributed by atoms with E-state index in [0.29, 0.717) is 0 Å². The Labute approximate surface area is 88.1 Å². The van der Waals surface area contributed by atoms with Crippen LogP contribution in [0, 0.1) is 19.9 Å². The van der Waals surface area contributed by atoms with Crippen molar-refractivity contribution < 1.29 is 32.7 Å². The molecule has 1 radical (unpaired) electrons. The minimum absolute atomic E-state index is 0. The summed E-state index contributed by atoms with van der Waals surface area (Å²) < 4.78 is 0. The van der Waals surface area contributed by atoms with Gasteiger partial charge in [0.15, 0.2) is 0 Å². The van der Waals surface area contributed by atoms with E-state index in [-0.39, 0.29) is 32.7 Å². The van der Waals surface area contributed by atoms with E-state index >= 15 is 0 Å². The van der Waals surface area contributed by atoms with Crippen LogP contribution in [0.3, 0.4) is 0 Å². The van der Waals surface area contributed by atoms with Gasteiger partial charge in [-0.3, -0.25) is 0 Å². The molecule has 1 rings (SSSR count). The predicted octanol–water partition coefficient (Wildman–Crippen LogP) is 2.03. The van der Waals surface area contributed by atoms with Crippen molar-refractivity contribution in [3.63, 3.8) is 0 Å². The first-order valence-corrected chi connectivity index (χ1v) is 2.89. The van der Waals surface area contributed by atoms with Crippen molar-refractivity contribution in [2.45, 2.75) is 13.8 Å². The Morgan fingerprint density at radius 3 is 2.30 bits per heavy atom. The zero-order chi connectivity index (χ0) is 7.11. The van der Waals surface area contributed by atoms with Crippen LogP contribution in [-0.4, -0.2) is 4.98 Å². The Bertz CT molecular complexity index is 139. The molecule has 0 fully saturated rings. The van der Waals surface area contributed by atoms with Crippen molar-refractivity contribution in [2.24, 2.45) is 0 Å². The molecule has 53 valence electrons. The molecule has 0 saturated heterocycles. The largest absolute Gasteiger partial charge is 0.346 e. The number of hydrogen-bond acceptors (Lipinski definition) is 1. The van der Waals surface area contributed by atoms with Crippen molar-refractivity contribution in [1.29, 1.82) is 0 Å². The maximum absolute atomic E-state index is 3.92. The van der Waals surface area contributed by atoms with Crippen LogP contribution in [0.15, 0.2) is 18.3 Å². The molecule has 1 aromatic rings. The molecule has 0 aliphatic rings. The Morgan fingerprint density at radius 1 is 1.50 bits per heavy atom. The van der Waals surface area contributed by atoms with Gasteiger partial charge in [-0.2, -0.15) is 13.0 Å². The van der Waals surface area contributed by atoms with Crippen LogP contribution in [0.25, 0.3) is 0 Å². The summed E-state index contributed by atoms with van der Waals surface area (Å²) in [4.78, 5) is 3.92. The number of aryl methyl sites for hydroxylation is 1. The van der Waals surface area contributed by atoms with Gasteiger partial charge in [0.2, 0.25) is 0 Å². The molecule has 0 aromatic carbocycles. The summed E-state index contributed by atoms with van der Waals surface area (Å²) in [5.74, 6) is 0. The maximum atomic E-state index is 3.92. The Kier molecular flexibility index (Phi) is 11.9. The van der Waals surface area contributed by atoms with Gasteiger partial charge in [0, 0.05) is 32.7 Å². The third-order valence-electron chi connectivity index (χ3n) is 0.743. The summed E-state index contributed by atoms with van der Waals surface area (Å²) in [6, 6.07) is 6.62. The normalized spacial score (nSPS) is 6.70. The van der Waals surface area contributed by atoms with Crippen LogP contribution >= 0.6 is 0 Å². The molecule has 0 N–H and O–H groups in total. The third-order valence-corrected chi connectivity index (χ3v) is 0.743. The van der Waals surface area contributed by atoms with Gasteiger partial charge in [0.25, 0.3) is 0 Å². The van der Waals surface area contributed by atoms with Crippen LogP contribution in [0.4, 0.5) is 0 Å². The minimum atomic E-state index is 0. The van der Waals surface area contributed by atoms with Gasteiger partial charge in [-0.1, -0.05) is 11.9 Å². The monoisotopic (exact) mass is 210 g/mol. The standard InChI is InChI=1S/C6H6N.C2H5.Y/c1-6-4-2-3-5-7-6;1-2;/h2-3,5H,1H3;1H2,2H3;/q2*-1;. The number of aromatic nitrogens is 1. The fourth-order valence-corrected chi connectivity index (χ4v) is 0.404. The maximum Gasteiger partial charge on any atom is 0 e. The van der Waals surface area contributed by atoms with Crippen LogP contribution in [0.2, 0.25) is 0 Å². The Balaban J connectivity index is 0. The summed E-state index contributed by atoms with van der Waals surface area (Å²) in [6.45, 7) is 6.92. The third kappa shape index (κ3) is 6.38. The Morgan fingerprint density at radius 2 is 2.10 bits per heavy atom. The fraction of sp³-hybridized carbons (Fsp3) is 0.250. The molecular formula is C8H11NY-2. The molecule has 0 aliphatic carbocycles. The number of pyridine rings is 1. The summed E-state index contributed by atoms with van der Waals surface area (Å²) in [5.41, 5.74) is 0.947. The van der Waals surface area contributed by atoms with Gasteiger partial charge >= 0.3 is 0 Å². The van der Waals surface area contributed by atoms with Crippen molar-refractivity contribution in [3.8, 4) is 0 Å². The van der Waals surface area contributed by atoms with E-state index in [1.54, 1.807) is 13.1 Å². The molecule has 10 heavy (non-hydrogen) atoms.